The first-order chi connectivity index (χ1) is 6.31. The summed E-state index contributed by atoms with van der Waals surface area (Å²) in [5.74, 6) is -0.233. The van der Waals surface area contributed by atoms with Gasteiger partial charge in [0.15, 0.2) is 0 Å². The molecule has 0 N–H and O–H groups in total. The van der Waals surface area contributed by atoms with E-state index in [-0.39, 0.29) is 44.0 Å². The second-order valence-corrected chi connectivity index (χ2v) is 2.86. The van der Waals surface area contributed by atoms with E-state index in [0.717, 1.165) is 11.0 Å². The molecule has 2 nitrogen and oxygen atoms in total. The first kappa shape index (κ1) is 12.3. The van der Waals surface area contributed by atoms with Crippen LogP contribution in [0.2, 0.25) is 0 Å². The molecule has 1 aromatic carbocycles. The molecule has 2 rings (SSSR count). The van der Waals surface area contributed by atoms with Gasteiger partial charge in [0.2, 0.25) is 0 Å². The summed E-state index contributed by atoms with van der Waals surface area (Å²) in [4.78, 5) is 0. The fourth-order valence-electron chi connectivity index (χ4n) is 1.42. The number of hydrogen-bond acceptors (Lipinski definition) is 2. The molecule has 0 saturated carbocycles. The molecule has 0 atom stereocenters. The summed E-state index contributed by atoms with van der Waals surface area (Å²) in [5, 5.41) is 0. The van der Waals surface area contributed by atoms with Crippen LogP contribution in [0.1, 0.15) is 12.5 Å². The van der Waals surface area contributed by atoms with Gasteiger partial charge < -0.3 is 9.31 Å². The third-order valence-electron chi connectivity index (χ3n) is 2.01. The van der Waals surface area contributed by atoms with Crippen molar-refractivity contribution < 1.29 is 44.8 Å². The molecule has 0 radical (unpaired) electrons. The maximum Gasteiger partial charge on any atom is 0.462 e. The molecule has 1 aliphatic rings. The van der Waals surface area contributed by atoms with Gasteiger partial charge in [-0.15, -0.1) is 0 Å². The fourth-order valence-corrected chi connectivity index (χ4v) is 1.42. The van der Waals surface area contributed by atoms with Gasteiger partial charge >= 0.3 is 7.12 Å². The van der Waals surface area contributed by atoms with Crippen molar-refractivity contribution in [1.29, 1.82) is 0 Å². The standard InChI is InChI=1S/C9H9BFO2.U/c1-2-12-10-9-4-3-8(11)5-7(9)6-13-10;/h2-5H,6H2,1H3;/q-1;. The minimum Gasteiger partial charge on any atom is -0.586 e. The van der Waals surface area contributed by atoms with Gasteiger partial charge in [-0.3, -0.25) is 0 Å². The van der Waals surface area contributed by atoms with Gasteiger partial charge in [-0.2, -0.15) is 6.92 Å². The van der Waals surface area contributed by atoms with Gasteiger partial charge in [0.05, 0.1) is 6.61 Å². The predicted octanol–water partition coefficient (Wildman–Crippen LogP) is 1.25. The van der Waals surface area contributed by atoms with Gasteiger partial charge in [-0.1, -0.05) is 6.07 Å². The van der Waals surface area contributed by atoms with Crippen LogP contribution in [-0.4, -0.2) is 7.12 Å². The molecule has 1 heterocycles. The smallest absolute Gasteiger partial charge is 0.462 e. The van der Waals surface area contributed by atoms with Gasteiger partial charge in [-0.25, -0.2) is 11.0 Å². The zero-order valence-corrected chi connectivity index (χ0v) is 12.0. The second kappa shape index (κ2) is 5.32. The van der Waals surface area contributed by atoms with Crippen LogP contribution in [0.25, 0.3) is 0 Å². The Morgan fingerprint density at radius 1 is 1.57 bits per heavy atom. The Labute approximate surface area is 107 Å². The fraction of sp³-hybridized carbons (Fsp3) is 0.222. The van der Waals surface area contributed by atoms with Gasteiger partial charge in [0, 0.05) is 31.1 Å². The van der Waals surface area contributed by atoms with Crippen molar-refractivity contribution in [3.8, 4) is 0 Å². The first-order valence-corrected chi connectivity index (χ1v) is 4.14. The molecule has 0 bridgehead atoms. The Kier molecular flexibility index (Phi) is 4.66. The third kappa shape index (κ3) is 2.40. The van der Waals surface area contributed by atoms with Crippen molar-refractivity contribution in [3.05, 3.63) is 36.2 Å². The molecule has 0 fully saturated rings. The molecule has 1 aliphatic heterocycles. The number of rotatable bonds is 2. The first-order valence-electron chi connectivity index (χ1n) is 4.14. The van der Waals surface area contributed by atoms with E-state index >= 15 is 0 Å². The Balaban J connectivity index is 0.000000980. The van der Waals surface area contributed by atoms with Crippen LogP contribution in [0.4, 0.5) is 4.39 Å². The molecule has 0 aliphatic carbocycles. The molecule has 0 spiro atoms. The minimum absolute atomic E-state index is 0. The van der Waals surface area contributed by atoms with Crippen LogP contribution >= 0.6 is 0 Å². The Morgan fingerprint density at radius 2 is 2.36 bits per heavy atom. The summed E-state index contributed by atoms with van der Waals surface area (Å²) < 4.78 is 23.3. The van der Waals surface area contributed by atoms with Crippen LogP contribution in [0, 0.1) is 43.5 Å². The van der Waals surface area contributed by atoms with Crippen LogP contribution in [0.3, 0.4) is 0 Å². The van der Waals surface area contributed by atoms with Gasteiger partial charge in [0.25, 0.3) is 0 Å². The van der Waals surface area contributed by atoms with Crippen molar-refractivity contribution in [1.82, 2.24) is 0 Å². The summed E-state index contributed by atoms with van der Waals surface area (Å²) in [6, 6.07) is 4.60. The number of benzene rings is 1. The van der Waals surface area contributed by atoms with Crippen LogP contribution < -0.4 is 5.46 Å². The predicted molar refractivity (Wildman–Crippen MR) is 47.6 cm³/mol. The molecule has 5 heteroatoms. The Bertz CT molecular complexity index is 322. The number of hydrogen-bond donors (Lipinski definition) is 0. The van der Waals surface area contributed by atoms with Crippen LogP contribution in [-0.2, 0) is 15.9 Å². The maximum atomic E-state index is 12.8. The molecule has 0 amide bonds. The molecule has 0 saturated heterocycles. The topological polar surface area (TPSA) is 18.5 Å². The van der Waals surface area contributed by atoms with Crippen molar-refractivity contribution in [2.45, 2.75) is 13.5 Å². The number of fused-ring (bicyclic) bond motifs is 1. The number of halogens is 1. The summed E-state index contributed by atoms with van der Waals surface area (Å²) in [6.07, 6.45) is 0. The Hall–Kier alpha value is 0.187. The SMILES string of the molecule is C[CH-]OB1OCc2cc(F)ccc21.[U]. The monoisotopic (exact) mass is 417 g/mol. The Morgan fingerprint density at radius 3 is 3.07 bits per heavy atom. The van der Waals surface area contributed by atoms with Gasteiger partial charge in [0.1, 0.15) is 5.82 Å². The maximum absolute atomic E-state index is 12.8. The molecule has 14 heavy (non-hydrogen) atoms. The molecule has 0 aromatic heterocycles. The third-order valence-corrected chi connectivity index (χ3v) is 2.01. The van der Waals surface area contributed by atoms with Gasteiger partial charge in [-0.05, 0) is 23.2 Å². The normalized spacial score (nSPS) is 13.7. The summed E-state index contributed by atoms with van der Waals surface area (Å²) in [7, 11) is -0.361. The van der Waals surface area contributed by atoms with Crippen LogP contribution in [0.5, 0.6) is 0 Å². The molecule has 1 aromatic rings. The van der Waals surface area contributed by atoms with Crippen molar-refractivity contribution >= 4 is 12.6 Å². The average Bonchev–Trinajstić information content (AvgIpc) is 2.49. The van der Waals surface area contributed by atoms with Crippen molar-refractivity contribution in [2.24, 2.45) is 0 Å². The van der Waals surface area contributed by atoms with E-state index in [2.05, 4.69) is 0 Å². The zero-order valence-electron chi connectivity index (χ0n) is 7.79. The molecular formula is C9H9BFO2U-. The van der Waals surface area contributed by atoms with Crippen molar-refractivity contribution in [2.75, 3.05) is 0 Å². The van der Waals surface area contributed by atoms with Crippen LogP contribution in [0.15, 0.2) is 18.2 Å². The molecular weight excluding hydrogens is 408 g/mol. The quantitative estimate of drug-likeness (QED) is 0.533. The zero-order chi connectivity index (χ0) is 9.26. The van der Waals surface area contributed by atoms with E-state index in [1.54, 1.807) is 19.6 Å². The van der Waals surface area contributed by atoms with E-state index in [4.69, 9.17) is 9.31 Å². The van der Waals surface area contributed by atoms with E-state index < -0.39 is 0 Å². The summed E-state index contributed by atoms with van der Waals surface area (Å²) >= 11 is 0. The summed E-state index contributed by atoms with van der Waals surface area (Å²) in [6.45, 7) is 3.78. The average molecular weight is 417 g/mol. The van der Waals surface area contributed by atoms with E-state index in [9.17, 15) is 4.39 Å². The molecule has 72 valence electrons. The largest absolute Gasteiger partial charge is 0.586 e. The van der Waals surface area contributed by atoms with E-state index in [1.165, 1.54) is 12.1 Å². The minimum atomic E-state index is -0.361. The summed E-state index contributed by atoms with van der Waals surface area (Å²) in [5.41, 5.74) is 1.78. The van der Waals surface area contributed by atoms with E-state index in [0.29, 0.717) is 6.61 Å². The molecule has 0 unspecified atom stereocenters. The second-order valence-electron chi connectivity index (χ2n) is 2.86. The van der Waals surface area contributed by atoms with E-state index in [1.807, 2.05) is 0 Å². The van der Waals surface area contributed by atoms with Crippen molar-refractivity contribution in [3.63, 3.8) is 0 Å².